The van der Waals surface area contributed by atoms with E-state index in [1.807, 2.05) is 0 Å². The lowest BCUT2D eigenvalue weighted by Crippen LogP contribution is -2.36. The fourth-order valence-electron chi connectivity index (χ4n) is 1.59. The van der Waals surface area contributed by atoms with Crippen LogP contribution in [-0.4, -0.2) is 17.0 Å². The SMILES string of the molecule is N#CC1(Nc2ccc(F)cc2)CCSC1. The van der Waals surface area contributed by atoms with E-state index in [0.717, 1.165) is 23.6 Å². The second-order valence-corrected chi connectivity index (χ2v) is 4.73. The molecule has 15 heavy (non-hydrogen) atoms. The van der Waals surface area contributed by atoms with Crippen molar-refractivity contribution >= 4 is 17.4 Å². The molecule has 1 heterocycles. The largest absolute Gasteiger partial charge is 0.367 e. The zero-order valence-corrected chi connectivity index (χ0v) is 8.98. The van der Waals surface area contributed by atoms with E-state index in [1.165, 1.54) is 12.1 Å². The normalized spacial score (nSPS) is 24.8. The molecule has 1 aromatic rings. The first-order valence-electron chi connectivity index (χ1n) is 4.77. The molecule has 2 rings (SSSR count). The van der Waals surface area contributed by atoms with Crippen molar-refractivity contribution < 1.29 is 4.39 Å². The molecule has 1 aromatic carbocycles. The highest BCUT2D eigenvalue weighted by molar-refractivity contribution is 7.99. The van der Waals surface area contributed by atoms with Crippen LogP contribution in [0, 0.1) is 17.1 Å². The minimum Gasteiger partial charge on any atom is -0.367 e. The Labute approximate surface area is 92.5 Å². The van der Waals surface area contributed by atoms with Crippen LogP contribution in [0.1, 0.15) is 6.42 Å². The van der Waals surface area contributed by atoms with Gasteiger partial charge < -0.3 is 5.32 Å². The van der Waals surface area contributed by atoms with Gasteiger partial charge in [-0.1, -0.05) is 0 Å². The van der Waals surface area contributed by atoms with Crippen LogP contribution in [0.4, 0.5) is 10.1 Å². The summed E-state index contributed by atoms with van der Waals surface area (Å²) in [6.07, 6.45) is 0.839. The van der Waals surface area contributed by atoms with Crippen LogP contribution >= 0.6 is 11.8 Å². The zero-order chi connectivity index (χ0) is 10.7. The van der Waals surface area contributed by atoms with Gasteiger partial charge in [0, 0.05) is 11.4 Å². The maximum atomic E-state index is 12.7. The van der Waals surface area contributed by atoms with Gasteiger partial charge >= 0.3 is 0 Å². The van der Waals surface area contributed by atoms with E-state index < -0.39 is 5.54 Å². The predicted molar refractivity (Wildman–Crippen MR) is 60.3 cm³/mol. The molecule has 0 aromatic heterocycles. The lowest BCUT2D eigenvalue weighted by Gasteiger charge is -2.22. The average molecular weight is 222 g/mol. The van der Waals surface area contributed by atoms with Crippen molar-refractivity contribution in [1.82, 2.24) is 0 Å². The molecule has 1 aliphatic rings. The summed E-state index contributed by atoms with van der Waals surface area (Å²) in [4.78, 5) is 0. The number of nitrogens with zero attached hydrogens (tertiary/aromatic N) is 1. The molecule has 1 fully saturated rings. The van der Waals surface area contributed by atoms with Crippen molar-refractivity contribution in [2.75, 3.05) is 16.8 Å². The molecular weight excluding hydrogens is 211 g/mol. The van der Waals surface area contributed by atoms with Crippen LogP contribution in [0.25, 0.3) is 0 Å². The van der Waals surface area contributed by atoms with Crippen molar-refractivity contribution in [3.8, 4) is 6.07 Å². The highest BCUT2D eigenvalue weighted by atomic mass is 32.2. The third-order valence-electron chi connectivity index (χ3n) is 2.46. The number of thioether (sulfide) groups is 1. The van der Waals surface area contributed by atoms with Gasteiger partial charge in [0.15, 0.2) is 0 Å². The first kappa shape index (κ1) is 10.3. The van der Waals surface area contributed by atoms with Crippen molar-refractivity contribution in [2.45, 2.75) is 12.0 Å². The molecule has 0 bridgehead atoms. The Balaban J connectivity index is 2.14. The molecule has 0 amide bonds. The Morgan fingerprint density at radius 2 is 2.13 bits per heavy atom. The van der Waals surface area contributed by atoms with Gasteiger partial charge in [-0.25, -0.2) is 4.39 Å². The van der Waals surface area contributed by atoms with E-state index in [9.17, 15) is 4.39 Å². The molecule has 1 saturated heterocycles. The summed E-state index contributed by atoms with van der Waals surface area (Å²) in [7, 11) is 0. The van der Waals surface area contributed by atoms with Gasteiger partial charge in [-0.2, -0.15) is 17.0 Å². The molecule has 1 aliphatic heterocycles. The third kappa shape index (κ3) is 2.24. The highest BCUT2D eigenvalue weighted by Crippen LogP contribution is 2.30. The summed E-state index contributed by atoms with van der Waals surface area (Å²) >= 11 is 1.77. The van der Waals surface area contributed by atoms with Gasteiger partial charge in [-0.05, 0) is 36.4 Å². The molecule has 0 radical (unpaired) electrons. The van der Waals surface area contributed by atoms with Gasteiger partial charge in [0.05, 0.1) is 6.07 Å². The maximum absolute atomic E-state index is 12.7. The van der Waals surface area contributed by atoms with Crippen LogP contribution in [-0.2, 0) is 0 Å². The number of rotatable bonds is 2. The van der Waals surface area contributed by atoms with E-state index in [0.29, 0.717) is 0 Å². The Morgan fingerprint density at radius 3 is 2.67 bits per heavy atom. The third-order valence-corrected chi connectivity index (χ3v) is 3.65. The van der Waals surface area contributed by atoms with Gasteiger partial charge in [-0.15, -0.1) is 0 Å². The quantitative estimate of drug-likeness (QED) is 0.835. The summed E-state index contributed by atoms with van der Waals surface area (Å²) in [5.41, 5.74) is 0.336. The molecule has 0 aliphatic carbocycles. The molecule has 78 valence electrons. The molecule has 2 nitrogen and oxygen atoms in total. The van der Waals surface area contributed by atoms with Crippen molar-refractivity contribution in [3.63, 3.8) is 0 Å². The second kappa shape index (κ2) is 4.11. The average Bonchev–Trinajstić information content (AvgIpc) is 2.71. The van der Waals surface area contributed by atoms with Gasteiger partial charge in [0.25, 0.3) is 0 Å². The first-order valence-corrected chi connectivity index (χ1v) is 5.92. The number of nitrogens with one attached hydrogen (secondary N) is 1. The fraction of sp³-hybridized carbons (Fsp3) is 0.364. The van der Waals surface area contributed by atoms with Gasteiger partial charge in [0.2, 0.25) is 0 Å². The van der Waals surface area contributed by atoms with Gasteiger partial charge in [-0.3, -0.25) is 0 Å². The van der Waals surface area contributed by atoms with Crippen LogP contribution < -0.4 is 5.32 Å². The lowest BCUT2D eigenvalue weighted by atomic mass is 10.0. The topological polar surface area (TPSA) is 35.8 Å². The number of hydrogen-bond acceptors (Lipinski definition) is 3. The number of anilines is 1. The molecule has 1 N–H and O–H groups in total. The number of hydrogen-bond donors (Lipinski definition) is 1. The van der Waals surface area contributed by atoms with Crippen LogP contribution in [0.3, 0.4) is 0 Å². The summed E-state index contributed by atoms with van der Waals surface area (Å²) < 4.78 is 12.7. The summed E-state index contributed by atoms with van der Waals surface area (Å²) in [6.45, 7) is 0. The summed E-state index contributed by atoms with van der Waals surface area (Å²) in [6, 6.07) is 8.44. The van der Waals surface area contributed by atoms with Crippen LogP contribution in [0.5, 0.6) is 0 Å². The maximum Gasteiger partial charge on any atom is 0.135 e. The molecule has 0 saturated carbocycles. The fourth-order valence-corrected chi connectivity index (χ4v) is 2.86. The van der Waals surface area contributed by atoms with Crippen molar-refractivity contribution in [1.29, 1.82) is 5.26 Å². The molecule has 0 spiro atoms. The van der Waals surface area contributed by atoms with E-state index >= 15 is 0 Å². The smallest absolute Gasteiger partial charge is 0.135 e. The Bertz CT molecular complexity index is 377. The van der Waals surface area contributed by atoms with E-state index in [1.54, 1.807) is 23.9 Å². The predicted octanol–water partition coefficient (Wildman–Crippen LogP) is 2.64. The summed E-state index contributed by atoms with van der Waals surface area (Å²) in [5.74, 6) is 1.54. The van der Waals surface area contributed by atoms with E-state index in [2.05, 4.69) is 11.4 Å². The molecular formula is C11H11FN2S. The minimum absolute atomic E-state index is 0.257. The molecule has 4 heteroatoms. The minimum atomic E-state index is -0.470. The van der Waals surface area contributed by atoms with Crippen LogP contribution in [0.2, 0.25) is 0 Å². The number of halogens is 1. The van der Waals surface area contributed by atoms with Crippen molar-refractivity contribution in [2.24, 2.45) is 0 Å². The zero-order valence-electron chi connectivity index (χ0n) is 8.16. The van der Waals surface area contributed by atoms with Crippen LogP contribution in [0.15, 0.2) is 24.3 Å². The summed E-state index contributed by atoms with van der Waals surface area (Å²) in [5, 5.41) is 12.3. The standard InChI is InChI=1S/C11H11FN2S/c12-9-1-3-10(4-2-9)14-11(7-13)5-6-15-8-11/h1-4,14H,5-6,8H2. The van der Waals surface area contributed by atoms with Crippen molar-refractivity contribution in [3.05, 3.63) is 30.1 Å². The first-order chi connectivity index (χ1) is 7.24. The highest BCUT2D eigenvalue weighted by Gasteiger charge is 2.34. The van der Waals surface area contributed by atoms with Gasteiger partial charge in [0.1, 0.15) is 11.4 Å². The lowest BCUT2D eigenvalue weighted by molar-refractivity contribution is 0.626. The Kier molecular flexibility index (Phi) is 2.83. The monoisotopic (exact) mass is 222 g/mol. The van der Waals surface area contributed by atoms with E-state index in [-0.39, 0.29) is 5.82 Å². The van der Waals surface area contributed by atoms with E-state index in [4.69, 9.17) is 5.26 Å². The molecule has 1 atom stereocenters. The number of benzene rings is 1. The molecule has 1 unspecified atom stereocenters. The second-order valence-electron chi connectivity index (χ2n) is 3.63. The number of nitriles is 1. The Hall–Kier alpha value is -1.21. The Morgan fingerprint density at radius 1 is 1.40 bits per heavy atom.